The molecule has 1 aromatic heterocycles. The van der Waals surface area contributed by atoms with Crippen molar-refractivity contribution in [3.05, 3.63) is 180 Å². The largest absolute Gasteiger partial charge is 0.310 e. The zero-order valence-electron chi connectivity index (χ0n) is 32.8. The van der Waals surface area contributed by atoms with E-state index in [0.717, 1.165) is 17.1 Å². The molecule has 0 radical (unpaired) electrons. The molecule has 10 rings (SSSR count). The number of benzene rings is 7. The van der Waals surface area contributed by atoms with Crippen molar-refractivity contribution in [2.45, 2.75) is 70.6 Å². The minimum absolute atomic E-state index is 0.0793. The number of fused-ring (bicyclic) bond motifs is 7. The van der Waals surface area contributed by atoms with Crippen LogP contribution in [0.2, 0.25) is 0 Å². The lowest BCUT2D eigenvalue weighted by atomic mass is 9.63. The molecule has 7 aromatic carbocycles. The van der Waals surface area contributed by atoms with Gasteiger partial charge in [-0.15, -0.1) is 0 Å². The summed E-state index contributed by atoms with van der Waals surface area (Å²) in [6.45, 7) is 14.4. The highest BCUT2D eigenvalue weighted by molar-refractivity contribution is 6.10. The maximum absolute atomic E-state index is 2.50. The highest BCUT2D eigenvalue weighted by Gasteiger charge is 2.38. The number of anilines is 3. The second kappa shape index (κ2) is 12.1. The molecule has 0 amide bonds. The summed E-state index contributed by atoms with van der Waals surface area (Å²) in [5.41, 5.74) is 18.2. The number of rotatable bonds is 5. The molecule has 0 saturated heterocycles. The maximum atomic E-state index is 2.50. The minimum Gasteiger partial charge on any atom is -0.310 e. The summed E-state index contributed by atoms with van der Waals surface area (Å²) < 4.78 is 2.50. The summed E-state index contributed by atoms with van der Waals surface area (Å²) in [5.74, 6) is 0. The van der Waals surface area contributed by atoms with Gasteiger partial charge in [-0.1, -0.05) is 139 Å². The summed E-state index contributed by atoms with van der Waals surface area (Å²) in [5, 5.41) is 2.56. The van der Waals surface area contributed by atoms with Gasteiger partial charge in [-0.05, 0) is 129 Å². The first-order valence-corrected chi connectivity index (χ1v) is 19.9. The molecule has 270 valence electrons. The summed E-state index contributed by atoms with van der Waals surface area (Å²) in [6.07, 6.45) is 2.41. The van der Waals surface area contributed by atoms with Gasteiger partial charge in [0.25, 0.3) is 0 Å². The van der Waals surface area contributed by atoms with Crippen molar-refractivity contribution in [2.75, 3.05) is 4.90 Å². The lowest BCUT2D eigenvalue weighted by Gasteiger charge is -2.42. The minimum atomic E-state index is -0.0793. The van der Waals surface area contributed by atoms with E-state index < -0.39 is 0 Å². The summed E-state index contributed by atoms with van der Waals surface area (Å²) in [7, 11) is 0. The van der Waals surface area contributed by atoms with Gasteiger partial charge < -0.3 is 9.47 Å². The fourth-order valence-electron chi connectivity index (χ4n) is 9.82. The van der Waals surface area contributed by atoms with Gasteiger partial charge in [0.05, 0.1) is 11.0 Å². The van der Waals surface area contributed by atoms with Crippen molar-refractivity contribution in [3.63, 3.8) is 0 Å². The van der Waals surface area contributed by atoms with Crippen molar-refractivity contribution >= 4 is 38.9 Å². The van der Waals surface area contributed by atoms with Gasteiger partial charge in [-0.2, -0.15) is 0 Å². The zero-order valence-corrected chi connectivity index (χ0v) is 32.8. The molecule has 2 nitrogen and oxygen atoms in total. The predicted molar refractivity (Wildman–Crippen MR) is 234 cm³/mol. The Hall–Kier alpha value is -5.86. The van der Waals surface area contributed by atoms with E-state index in [-0.39, 0.29) is 16.2 Å². The van der Waals surface area contributed by atoms with Crippen LogP contribution < -0.4 is 4.90 Å². The standard InChI is InChI=1S/C53H48N2/c1-51(2)29-30-52(3,4)48-34-40(25-28-46(48)51)55-49-22-13-11-20-43(49)44-26-23-36(32-50(44)55)35-15-14-18-38(31-35)54(37-16-8-7-9-17-37)39-24-27-42-41-19-10-12-21-45(41)53(5,6)47(42)33-39/h7-28,31-34H,29-30H2,1-6H3. The van der Waals surface area contributed by atoms with Crippen molar-refractivity contribution in [1.82, 2.24) is 4.57 Å². The Balaban J connectivity index is 1.12. The van der Waals surface area contributed by atoms with Crippen LogP contribution in [0.1, 0.15) is 76.6 Å². The molecule has 1 heterocycles. The average Bonchev–Trinajstić information content (AvgIpc) is 3.65. The topological polar surface area (TPSA) is 8.17 Å². The Kier molecular flexibility index (Phi) is 7.39. The van der Waals surface area contributed by atoms with E-state index in [2.05, 4.69) is 209 Å². The Labute approximate surface area is 325 Å². The van der Waals surface area contributed by atoms with Crippen molar-refractivity contribution in [1.29, 1.82) is 0 Å². The first kappa shape index (κ1) is 33.7. The third kappa shape index (κ3) is 5.22. The summed E-state index contributed by atoms with van der Waals surface area (Å²) in [4.78, 5) is 2.41. The van der Waals surface area contributed by atoms with Gasteiger partial charge in [0.2, 0.25) is 0 Å². The van der Waals surface area contributed by atoms with E-state index in [1.54, 1.807) is 0 Å². The van der Waals surface area contributed by atoms with Gasteiger partial charge >= 0.3 is 0 Å². The van der Waals surface area contributed by atoms with Crippen LogP contribution in [0.3, 0.4) is 0 Å². The van der Waals surface area contributed by atoms with Crippen LogP contribution in [0, 0.1) is 0 Å². The zero-order chi connectivity index (χ0) is 37.7. The van der Waals surface area contributed by atoms with Crippen LogP contribution >= 0.6 is 0 Å². The lowest BCUT2D eigenvalue weighted by Crippen LogP contribution is -2.33. The van der Waals surface area contributed by atoms with Gasteiger partial charge in [-0.3, -0.25) is 0 Å². The molecule has 0 unspecified atom stereocenters. The fraction of sp³-hybridized carbons (Fsp3) is 0.208. The van der Waals surface area contributed by atoms with Crippen molar-refractivity contribution in [2.24, 2.45) is 0 Å². The van der Waals surface area contributed by atoms with E-state index in [1.807, 2.05) is 0 Å². The number of nitrogens with zero attached hydrogens (tertiary/aromatic N) is 2. The molecule has 0 bridgehead atoms. The van der Waals surface area contributed by atoms with E-state index in [4.69, 9.17) is 0 Å². The van der Waals surface area contributed by atoms with E-state index in [1.165, 1.54) is 84.8 Å². The summed E-state index contributed by atoms with van der Waals surface area (Å²) in [6, 6.07) is 59.0. The molecule has 0 fully saturated rings. The Morgan fingerprint density at radius 2 is 1.07 bits per heavy atom. The van der Waals surface area contributed by atoms with Gasteiger partial charge in [0.15, 0.2) is 0 Å². The normalized spacial score (nSPS) is 16.1. The number of para-hydroxylation sites is 2. The Morgan fingerprint density at radius 1 is 0.418 bits per heavy atom. The van der Waals surface area contributed by atoms with Crippen LogP contribution in [0.25, 0.3) is 49.7 Å². The monoisotopic (exact) mass is 712 g/mol. The highest BCUT2D eigenvalue weighted by Crippen LogP contribution is 2.51. The molecule has 2 aliphatic carbocycles. The van der Waals surface area contributed by atoms with Gasteiger partial charge in [0.1, 0.15) is 0 Å². The molecular formula is C53H48N2. The third-order valence-electron chi connectivity index (χ3n) is 13.0. The van der Waals surface area contributed by atoms with Crippen molar-refractivity contribution in [3.8, 4) is 27.9 Å². The van der Waals surface area contributed by atoms with Gasteiger partial charge in [0, 0.05) is 38.9 Å². The van der Waals surface area contributed by atoms with Crippen LogP contribution in [0.5, 0.6) is 0 Å². The molecule has 0 saturated carbocycles. The van der Waals surface area contributed by atoms with Crippen LogP contribution in [0.4, 0.5) is 17.1 Å². The Morgan fingerprint density at radius 3 is 1.91 bits per heavy atom. The Bertz CT molecular complexity index is 2790. The maximum Gasteiger partial charge on any atom is 0.0547 e. The molecule has 2 heteroatoms. The molecular weight excluding hydrogens is 665 g/mol. The molecule has 8 aromatic rings. The smallest absolute Gasteiger partial charge is 0.0547 e. The second-order valence-corrected chi connectivity index (χ2v) is 17.7. The molecule has 0 spiro atoms. The van der Waals surface area contributed by atoms with Gasteiger partial charge in [-0.25, -0.2) is 0 Å². The lowest BCUT2D eigenvalue weighted by molar-refractivity contribution is 0.332. The summed E-state index contributed by atoms with van der Waals surface area (Å²) >= 11 is 0. The highest BCUT2D eigenvalue weighted by atomic mass is 15.1. The number of hydrogen-bond acceptors (Lipinski definition) is 1. The fourth-order valence-corrected chi connectivity index (χ4v) is 9.82. The average molecular weight is 713 g/mol. The molecule has 0 aliphatic heterocycles. The number of aromatic nitrogens is 1. The molecule has 55 heavy (non-hydrogen) atoms. The van der Waals surface area contributed by atoms with E-state index in [9.17, 15) is 0 Å². The molecule has 2 aliphatic rings. The number of hydrogen-bond donors (Lipinski definition) is 0. The predicted octanol–water partition coefficient (Wildman–Crippen LogP) is 14.6. The first-order chi connectivity index (χ1) is 26.5. The molecule has 0 N–H and O–H groups in total. The molecule has 0 atom stereocenters. The van der Waals surface area contributed by atoms with Crippen molar-refractivity contribution < 1.29 is 0 Å². The second-order valence-electron chi connectivity index (χ2n) is 17.7. The van der Waals surface area contributed by atoms with E-state index in [0.29, 0.717) is 0 Å². The van der Waals surface area contributed by atoms with Crippen LogP contribution in [-0.4, -0.2) is 4.57 Å². The third-order valence-corrected chi connectivity index (χ3v) is 13.0. The SMILES string of the molecule is CC1(C)CCC(C)(C)c2cc(-n3c4ccccc4c4ccc(-c5cccc(N(c6ccccc6)c6ccc7c(c6)C(C)(C)c6ccccc6-7)c5)cc43)ccc21. The quantitative estimate of drug-likeness (QED) is 0.172. The van der Waals surface area contributed by atoms with E-state index >= 15 is 0 Å². The van der Waals surface area contributed by atoms with Crippen LogP contribution in [-0.2, 0) is 16.2 Å². The van der Waals surface area contributed by atoms with Crippen LogP contribution in [0.15, 0.2) is 158 Å². The first-order valence-electron chi connectivity index (χ1n) is 19.9.